The zero-order valence-corrected chi connectivity index (χ0v) is 7.65. The topological polar surface area (TPSA) is 74.7 Å². The Morgan fingerprint density at radius 2 is 2.14 bits per heavy atom. The van der Waals surface area contributed by atoms with Crippen molar-refractivity contribution in [2.75, 3.05) is 6.54 Å². The van der Waals surface area contributed by atoms with Gasteiger partial charge in [-0.05, 0) is 6.42 Å². The molecule has 14 heavy (non-hydrogen) atoms. The Morgan fingerprint density at radius 1 is 1.50 bits per heavy atom. The zero-order valence-electron chi connectivity index (χ0n) is 7.65. The molecule has 0 saturated carbocycles. The first-order chi connectivity index (χ1) is 6.52. The van der Waals surface area contributed by atoms with E-state index in [9.17, 15) is 14.4 Å². The van der Waals surface area contributed by atoms with Gasteiger partial charge >= 0.3 is 5.97 Å². The summed E-state index contributed by atoms with van der Waals surface area (Å²) < 4.78 is 0. The molecule has 0 bridgehead atoms. The van der Waals surface area contributed by atoms with Gasteiger partial charge in [0.25, 0.3) is 5.91 Å². The van der Waals surface area contributed by atoms with E-state index in [0.29, 0.717) is 6.42 Å². The van der Waals surface area contributed by atoms with E-state index in [0.717, 1.165) is 4.90 Å². The predicted molar refractivity (Wildman–Crippen MR) is 47.3 cm³/mol. The van der Waals surface area contributed by atoms with Crippen molar-refractivity contribution in [3.05, 3.63) is 12.2 Å². The third kappa shape index (κ3) is 2.18. The summed E-state index contributed by atoms with van der Waals surface area (Å²) in [6.07, 6.45) is 0.315. The average Bonchev–Trinajstić information content (AvgIpc) is 2.31. The molecule has 0 aromatic heterocycles. The summed E-state index contributed by atoms with van der Waals surface area (Å²) in [6, 6.07) is 0. The van der Waals surface area contributed by atoms with Crippen LogP contribution in [0.15, 0.2) is 12.2 Å². The highest BCUT2D eigenvalue weighted by molar-refractivity contribution is 6.12. The maximum atomic E-state index is 11.2. The lowest BCUT2D eigenvalue weighted by atomic mass is 10.3. The van der Waals surface area contributed by atoms with Crippen LogP contribution in [0.3, 0.4) is 0 Å². The van der Waals surface area contributed by atoms with Crippen LogP contribution in [0.1, 0.15) is 19.3 Å². The van der Waals surface area contributed by atoms with Crippen molar-refractivity contribution < 1.29 is 19.5 Å². The SMILES string of the molecule is C=C1CC(=O)N(CCCC(=O)O)C1=O. The summed E-state index contributed by atoms with van der Waals surface area (Å²) in [5.41, 5.74) is 0.283. The van der Waals surface area contributed by atoms with Crippen LogP contribution < -0.4 is 0 Å². The molecule has 0 aromatic carbocycles. The molecular formula is C9H11NO4. The number of carbonyl (C=O) groups is 3. The molecule has 1 N–H and O–H groups in total. The van der Waals surface area contributed by atoms with E-state index in [1.165, 1.54) is 0 Å². The number of likely N-dealkylation sites (tertiary alicyclic amines) is 1. The molecule has 5 nitrogen and oxygen atoms in total. The standard InChI is InChI=1S/C9H11NO4/c1-6-5-7(11)10(9(6)14)4-2-3-8(12)13/h1-5H2,(H,12,13). The number of aliphatic carboxylic acids is 1. The minimum atomic E-state index is -0.928. The molecule has 0 spiro atoms. The second-order valence-electron chi connectivity index (χ2n) is 3.13. The fourth-order valence-electron chi connectivity index (χ4n) is 1.27. The van der Waals surface area contributed by atoms with Gasteiger partial charge in [-0.2, -0.15) is 0 Å². The fraction of sp³-hybridized carbons (Fsp3) is 0.444. The van der Waals surface area contributed by atoms with E-state index in [2.05, 4.69) is 6.58 Å². The monoisotopic (exact) mass is 197 g/mol. The molecule has 1 fully saturated rings. The van der Waals surface area contributed by atoms with Gasteiger partial charge in [0.1, 0.15) is 0 Å². The Bertz CT molecular complexity index is 308. The van der Waals surface area contributed by atoms with Gasteiger partial charge in [-0.3, -0.25) is 19.3 Å². The van der Waals surface area contributed by atoms with Crippen LogP contribution in [0.25, 0.3) is 0 Å². The third-order valence-corrected chi connectivity index (χ3v) is 1.99. The Hall–Kier alpha value is -1.65. The summed E-state index contributed by atoms with van der Waals surface area (Å²) in [7, 11) is 0. The molecule has 0 aliphatic carbocycles. The lowest BCUT2D eigenvalue weighted by Gasteiger charge is -2.11. The van der Waals surface area contributed by atoms with E-state index in [-0.39, 0.29) is 36.8 Å². The molecule has 1 rings (SSSR count). The number of hydrogen-bond acceptors (Lipinski definition) is 3. The van der Waals surface area contributed by atoms with Crippen LogP contribution in [-0.4, -0.2) is 34.3 Å². The van der Waals surface area contributed by atoms with Crippen molar-refractivity contribution in [1.82, 2.24) is 4.90 Å². The summed E-state index contributed by atoms with van der Waals surface area (Å²) in [4.78, 5) is 33.7. The maximum absolute atomic E-state index is 11.2. The Labute approximate surface area is 81.0 Å². The van der Waals surface area contributed by atoms with Gasteiger partial charge < -0.3 is 5.11 Å². The van der Waals surface area contributed by atoms with Crippen molar-refractivity contribution in [3.8, 4) is 0 Å². The smallest absolute Gasteiger partial charge is 0.303 e. The molecule has 1 aliphatic heterocycles. The minimum absolute atomic E-state index is 0.0382. The molecule has 0 atom stereocenters. The lowest BCUT2D eigenvalue weighted by molar-refractivity contribution is -0.140. The van der Waals surface area contributed by atoms with Gasteiger partial charge in [-0.15, -0.1) is 0 Å². The molecule has 1 saturated heterocycles. The highest BCUT2D eigenvalue weighted by atomic mass is 16.4. The number of carboxylic acid groups (broad SMARTS) is 1. The van der Waals surface area contributed by atoms with Crippen LogP contribution in [0.2, 0.25) is 0 Å². The molecule has 0 aromatic rings. The second kappa shape index (κ2) is 4.04. The molecule has 2 amide bonds. The number of nitrogens with zero attached hydrogens (tertiary/aromatic N) is 1. The van der Waals surface area contributed by atoms with Crippen LogP contribution in [0.5, 0.6) is 0 Å². The first-order valence-electron chi connectivity index (χ1n) is 4.26. The fourth-order valence-corrected chi connectivity index (χ4v) is 1.27. The number of imide groups is 1. The number of amides is 2. The highest BCUT2D eigenvalue weighted by Gasteiger charge is 2.31. The maximum Gasteiger partial charge on any atom is 0.303 e. The Kier molecular flexibility index (Phi) is 3.01. The van der Waals surface area contributed by atoms with Gasteiger partial charge in [0.15, 0.2) is 0 Å². The molecule has 1 heterocycles. The van der Waals surface area contributed by atoms with Crippen molar-refractivity contribution in [2.45, 2.75) is 19.3 Å². The lowest BCUT2D eigenvalue weighted by Crippen LogP contribution is -2.30. The molecular weight excluding hydrogens is 186 g/mol. The number of carbonyl (C=O) groups excluding carboxylic acids is 2. The van der Waals surface area contributed by atoms with E-state index in [4.69, 9.17) is 5.11 Å². The third-order valence-electron chi connectivity index (χ3n) is 1.99. The average molecular weight is 197 g/mol. The summed E-state index contributed by atoms with van der Waals surface area (Å²) in [5, 5.41) is 8.37. The van der Waals surface area contributed by atoms with E-state index >= 15 is 0 Å². The van der Waals surface area contributed by atoms with Crippen LogP contribution >= 0.6 is 0 Å². The van der Waals surface area contributed by atoms with Crippen LogP contribution in [-0.2, 0) is 14.4 Å². The van der Waals surface area contributed by atoms with Gasteiger partial charge in [0, 0.05) is 18.5 Å². The quantitative estimate of drug-likeness (QED) is 0.514. The molecule has 5 heteroatoms. The Balaban J connectivity index is 2.45. The molecule has 0 unspecified atom stereocenters. The summed E-state index contributed by atoms with van der Waals surface area (Å²) >= 11 is 0. The predicted octanol–water partition coefficient (Wildman–Crippen LogP) is 0.166. The van der Waals surface area contributed by atoms with E-state index in [1.54, 1.807) is 0 Å². The first kappa shape index (κ1) is 10.4. The second-order valence-corrected chi connectivity index (χ2v) is 3.13. The number of carboxylic acids is 1. The Morgan fingerprint density at radius 3 is 2.57 bits per heavy atom. The van der Waals surface area contributed by atoms with Crippen molar-refractivity contribution in [1.29, 1.82) is 0 Å². The van der Waals surface area contributed by atoms with Gasteiger partial charge in [0.2, 0.25) is 5.91 Å². The largest absolute Gasteiger partial charge is 0.481 e. The zero-order chi connectivity index (χ0) is 10.7. The molecule has 1 aliphatic rings. The van der Waals surface area contributed by atoms with Crippen molar-refractivity contribution >= 4 is 17.8 Å². The highest BCUT2D eigenvalue weighted by Crippen LogP contribution is 2.16. The van der Waals surface area contributed by atoms with Crippen LogP contribution in [0.4, 0.5) is 0 Å². The van der Waals surface area contributed by atoms with E-state index < -0.39 is 5.97 Å². The number of rotatable bonds is 4. The van der Waals surface area contributed by atoms with E-state index in [1.807, 2.05) is 0 Å². The first-order valence-corrected chi connectivity index (χ1v) is 4.26. The summed E-state index contributed by atoms with van der Waals surface area (Å²) in [5.74, 6) is -1.59. The van der Waals surface area contributed by atoms with Gasteiger partial charge in [0.05, 0.1) is 6.42 Å². The normalized spacial score (nSPS) is 16.6. The molecule has 0 radical (unpaired) electrons. The van der Waals surface area contributed by atoms with Gasteiger partial charge in [-0.1, -0.05) is 6.58 Å². The van der Waals surface area contributed by atoms with Crippen LogP contribution in [0, 0.1) is 0 Å². The minimum Gasteiger partial charge on any atom is -0.481 e. The van der Waals surface area contributed by atoms with Crippen molar-refractivity contribution in [2.24, 2.45) is 0 Å². The number of hydrogen-bond donors (Lipinski definition) is 1. The van der Waals surface area contributed by atoms with Crippen molar-refractivity contribution in [3.63, 3.8) is 0 Å². The van der Waals surface area contributed by atoms with Gasteiger partial charge in [-0.25, -0.2) is 0 Å². The summed E-state index contributed by atoms with van der Waals surface area (Å²) in [6.45, 7) is 3.62. The molecule has 76 valence electrons.